The lowest BCUT2D eigenvalue weighted by molar-refractivity contribution is -0.136. The van der Waals surface area contributed by atoms with Gasteiger partial charge >= 0.3 is 5.97 Å². The maximum Gasteiger partial charge on any atom is 0.332 e. The molecule has 0 spiro atoms. The zero-order chi connectivity index (χ0) is 15.0. The molecule has 1 atom stereocenters. The van der Waals surface area contributed by atoms with E-state index in [1.165, 1.54) is 7.11 Å². The van der Waals surface area contributed by atoms with Crippen LogP contribution < -0.4 is 0 Å². The van der Waals surface area contributed by atoms with E-state index >= 15 is 0 Å². The molecule has 5 nitrogen and oxygen atoms in total. The Hall–Kier alpha value is -0.910. The number of esters is 1. The van der Waals surface area contributed by atoms with E-state index in [1.807, 2.05) is 13.8 Å². The van der Waals surface area contributed by atoms with Gasteiger partial charge in [0.15, 0.2) is 0 Å². The van der Waals surface area contributed by atoms with Gasteiger partial charge in [0, 0.05) is 25.4 Å². The summed E-state index contributed by atoms with van der Waals surface area (Å²) in [7, 11) is 1.33. The topological polar surface area (TPSA) is 76.0 Å². The second kappa shape index (κ2) is 18.5. The zero-order valence-electron chi connectivity index (χ0n) is 12.2. The van der Waals surface area contributed by atoms with Gasteiger partial charge in [-0.3, -0.25) is 0 Å². The van der Waals surface area contributed by atoms with Crippen molar-refractivity contribution in [2.45, 2.75) is 40.2 Å². The first-order valence-electron chi connectivity index (χ1n) is 5.97. The largest absolute Gasteiger partial charge is 0.466 e. The van der Waals surface area contributed by atoms with Gasteiger partial charge < -0.3 is 19.7 Å². The Kier molecular flexibility index (Phi) is 22.8. The Morgan fingerprint density at radius 1 is 1.33 bits per heavy atom. The molecule has 0 bridgehead atoms. The van der Waals surface area contributed by atoms with Gasteiger partial charge in [0.1, 0.15) is 0 Å². The molecule has 0 aliphatic rings. The Bertz CT molecular complexity index is 188. The Balaban J connectivity index is -0.000000190. The van der Waals surface area contributed by atoms with Crippen molar-refractivity contribution in [3.8, 4) is 0 Å². The maximum atomic E-state index is 10.2. The summed E-state index contributed by atoms with van der Waals surface area (Å²) in [4.78, 5) is 10.2. The van der Waals surface area contributed by atoms with Crippen molar-refractivity contribution >= 4 is 5.97 Å². The molecule has 0 aromatic rings. The standard InChI is InChI=1S/C5H8O2.C4H10O2.C4H10O/c1-4(2)5(6)7-3;1-4(6)2-3-5;1-3-5-4-2/h1H2,2-3H3;4-6H,2-3H2,1H3;3-4H2,1-2H3. The molecule has 0 aromatic carbocycles. The molecule has 0 radical (unpaired) electrons. The molecule has 0 aliphatic carbocycles. The number of hydrogen-bond acceptors (Lipinski definition) is 5. The third-order valence-electron chi connectivity index (χ3n) is 1.49. The minimum atomic E-state index is -0.352. The predicted octanol–water partition coefficient (Wildman–Crippen LogP) is 1.53. The third-order valence-corrected chi connectivity index (χ3v) is 1.49. The summed E-state index contributed by atoms with van der Waals surface area (Å²) in [5.74, 6) is -0.347. The molecule has 1 unspecified atom stereocenters. The highest BCUT2D eigenvalue weighted by atomic mass is 16.5. The summed E-state index contributed by atoms with van der Waals surface area (Å²) in [6.45, 7) is 12.4. The highest BCUT2D eigenvalue weighted by Gasteiger charge is 1.95. The molecule has 5 heteroatoms. The normalized spacial score (nSPS) is 10.2. The van der Waals surface area contributed by atoms with Gasteiger partial charge in [-0.15, -0.1) is 0 Å². The van der Waals surface area contributed by atoms with E-state index in [1.54, 1.807) is 13.8 Å². The minimum Gasteiger partial charge on any atom is -0.466 e. The molecule has 0 heterocycles. The molecule has 0 fully saturated rings. The fourth-order valence-electron chi connectivity index (χ4n) is 0.565. The zero-order valence-corrected chi connectivity index (χ0v) is 12.2. The van der Waals surface area contributed by atoms with Crippen LogP contribution in [0.4, 0.5) is 0 Å². The lowest BCUT2D eigenvalue weighted by atomic mass is 10.3. The number of aliphatic hydroxyl groups excluding tert-OH is 2. The lowest BCUT2D eigenvalue weighted by Crippen LogP contribution is -2.00. The van der Waals surface area contributed by atoms with E-state index in [9.17, 15) is 4.79 Å². The van der Waals surface area contributed by atoms with Crippen LogP contribution in [0.15, 0.2) is 12.2 Å². The average molecular weight is 264 g/mol. The molecule has 0 amide bonds. The molecule has 0 aromatic heterocycles. The number of aliphatic hydroxyl groups is 2. The Morgan fingerprint density at radius 3 is 1.78 bits per heavy atom. The highest BCUT2D eigenvalue weighted by molar-refractivity contribution is 5.86. The molecule has 0 saturated heterocycles. The summed E-state index contributed by atoms with van der Waals surface area (Å²) in [5.41, 5.74) is 0.433. The van der Waals surface area contributed by atoms with Gasteiger partial charge in [0.2, 0.25) is 0 Å². The van der Waals surface area contributed by atoms with Gasteiger partial charge in [-0.25, -0.2) is 4.79 Å². The van der Waals surface area contributed by atoms with Crippen molar-refractivity contribution in [1.82, 2.24) is 0 Å². The van der Waals surface area contributed by atoms with Crippen LogP contribution in [0.5, 0.6) is 0 Å². The van der Waals surface area contributed by atoms with Crippen LogP contribution in [-0.4, -0.2) is 49.2 Å². The molecular formula is C13H28O5. The molecule has 0 aliphatic heterocycles. The third kappa shape index (κ3) is 29.4. The summed E-state index contributed by atoms with van der Waals surface area (Å²) in [6.07, 6.45) is 0.134. The monoisotopic (exact) mass is 264 g/mol. The summed E-state index contributed by atoms with van der Waals surface area (Å²) < 4.78 is 9.11. The van der Waals surface area contributed by atoms with Crippen molar-refractivity contribution in [1.29, 1.82) is 0 Å². The van der Waals surface area contributed by atoms with Crippen LogP contribution in [-0.2, 0) is 14.3 Å². The van der Waals surface area contributed by atoms with E-state index < -0.39 is 0 Å². The van der Waals surface area contributed by atoms with Crippen LogP contribution in [0.1, 0.15) is 34.1 Å². The first-order chi connectivity index (χ1) is 8.37. The van der Waals surface area contributed by atoms with Gasteiger partial charge in [0.05, 0.1) is 13.2 Å². The number of hydrogen-bond donors (Lipinski definition) is 2. The minimum absolute atomic E-state index is 0.0810. The number of carbonyl (C=O) groups excluding carboxylic acids is 1. The molecular weight excluding hydrogens is 236 g/mol. The van der Waals surface area contributed by atoms with Gasteiger partial charge in [-0.1, -0.05) is 6.58 Å². The Labute approximate surface area is 110 Å². The highest BCUT2D eigenvalue weighted by Crippen LogP contribution is 1.87. The molecule has 110 valence electrons. The van der Waals surface area contributed by atoms with Crippen molar-refractivity contribution in [3.63, 3.8) is 0 Å². The van der Waals surface area contributed by atoms with Crippen molar-refractivity contribution in [3.05, 3.63) is 12.2 Å². The van der Waals surface area contributed by atoms with E-state index in [0.29, 0.717) is 12.0 Å². The second-order valence-corrected chi connectivity index (χ2v) is 3.41. The van der Waals surface area contributed by atoms with Crippen molar-refractivity contribution < 1.29 is 24.5 Å². The molecule has 0 rings (SSSR count). The number of carbonyl (C=O) groups is 1. The van der Waals surface area contributed by atoms with E-state index in [2.05, 4.69) is 11.3 Å². The fourth-order valence-corrected chi connectivity index (χ4v) is 0.565. The lowest BCUT2D eigenvalue weighted by Gasteiger charge is -1.95. The molecule has 2 N–H and O–H groups in total. The number of methoxy groups -OCH3 is 1. The summed E-state index contributed by atoms with van der Waals surface area (Å²) >= 11 is 0. The van der Waals surface area contributed by atoms with Crippen LogP contribution in [0, 0.1) is 0 Å². The predicted molar refractivity (Wildman–Crippen MR) is 72.4 cm³/mol. The van der Waals surface area contributed by atoms with Gasteiger partial charge in [0.25, 0.3) is 0 Å². The quantitative estimate of drug-likeness (QED) is 0.581. The van der Waals surface area contributed by atoms with Crippen LogP contribution in [0.3, 0.4) is 0 Å². The maximum absolute atomic E-state index is 10.2. The summed E-state index contributed by atoms with van der Waals surface area (Å²) in [6, 6.07) is 0. The van der Waals surface area contributed by atoms with E-state index in [4.69, 9.17) is 14.9 Å². The van der Waals surface area contributed by atoms with Crippen molar-refractivity contribution in [2.24, 2.45) is 0 Å². The first kappa shape index (κ1) is 22.3. The number of ether oxygens (including phenoxy) is 2. The SMILES string of the molecule is C=C(C)C(=O)OC.CC(O)CCO.CCOCC. The summed E-state index contributed by atoms with van der Waals surface area (Å²) in [5, 5.41) is 16.5. The average Bonchev–Trinajstić information content (AvgIpc) is 2.30. The van der Waals surface area contributed by atoms with Gasteiger partial charge in [-0.2, -0.15) is 0 Å². The van der Waals surface area contributed by atoms with Crippen LogP contribution in [0.25, 0.3) is 0 Å². The second-order valence-electron chi connectivity index (χ2n) is 3.41. The molecule has 18 heavy (non-hydrogen) atoms. The number of rotatable bonds is 5. The van der Waals surface area contributed by atoms with Gasteiger partial charge in [-0.05, 0) is 34.1 Å². The van der Waals surface area contributed by atoms with Crippen LogP contribution >= 0.6 is 0 Å². The smallest absolute Gasteiger partial charge is 0.332 e. The Morgan fingerprint density at radius 2 is 1.78 bits per heavy atom. The first-order valence-corrected chi connectivity index (χ1v) is 5.97. The van der Waals surface area contributed by atoms with Crippen molar-refractivity contribution in [2.75, 3.05) is 26.9 Å². The molecule has 0 saturated carbocycles. The fraction of sp³-hybridized carbons (Fsp3) is 0.769. The van der Waals surface area contributed by atoms with E-state index in [0.717, 1.165) is 13.2 Å². The van der Waals surface area contributed by atoms with E-state index in [-0.39, 0.29) is 18.7 Å². The van der Waals surface area contributed by atoms with Crippen LogP contribution in [0.2, 0.25) is 0 Å².